The molecule has 0 amide bonds. The van der Waals surface area contributed by atoms with Crippen molar-refractivity contribution in [2.75, 3.05) is 5.32 Å². The average Bonchev–Trinajstić information content (AvgIpc) is 2.87. The monoisotopic (exact) mass is 301 g/mol. The van der Waals surface area contributed by atoms with E-state index in [1.54, 1.807) is 11.3 Å². The van der Waals surface area contributed by atoms with Gasteiger partial charge in [-0.25, -0.2) is 9.97 Å². The molecule has 7 heteroatoms. The van der Waals surface area contributed by atoms with Crippen LogP contribution >= 0.6 is 11.3 Å². The summed E-state index contributed by atoms with van der Waals surface area (Å²) in [6.45, 7) is 3.95. The van der Waals surface area contributed by atoms with Crippen LogP contribution in [-0.4, -0.2) is 9.97 Å². The van der Waals surface area contributed by atoms with Crippen LogP contribution in [0.4, 0.5) is 19.0 Å². The molecule has 2 aromatic rings. The second kappa shape index (κ2) is 5.78. The van der Waals surface area contributed by atoms with Gasteiger partial charge in [0.15, 0.2) is 0 Å². The zero-order valence-corrected chi connectivity index (χ0v) is 11.8. The van der Waals surface area contributed by atoms with Crippen LogP contribution in [0, 0.1) is 0 Å². The predicted molar refractivity (Wildman–Crippen MR) is 72.8 cm³/mol. The van der Waals surface area contributed by atoms with Crippen LogP contribution in [0.3, 0.4) is 0 Å². The number of halogens is 3. The number of hydrogen-bond donors (Lipinski definition) is 1. The quantitative estimate of drug-likeness (QED) is 0.915. The molecule has 1 N–H and O–H groups in total. The second-order valence-corrected chi connectivity index (χ2v) is 5.46. The minimum atomic E-state index is -4.36. The first-order chi connectivity index (χ1) is 9.40. The van der Waals surface area contributed by atoms with Crippen LogP contribution in [0.15, 0.2) is 24.5 Å². The number of thiazole rings is 1. The Hall–Kier alpha value is -1.63. The summed E-state index contributed by atoms with van der Waals surface area (Å²) in [7, 11) is 0. The smallest absolute Gasteiger partial charge is 0.361 e. The Kier molecular flexibility index (Phi) is 4.27. The summed E-state index contributed by atoms with van der Waals surface area (Å²) in [5.41, 5.74) is -0.752. The van der Waals surface area contributed by atoms with Crippen molar-refractivity contribution in [2.24, 2.45) is 0 Å². The van der Waals surface area contributed by atoms with Gasteiger partial charge in [0.25, 0.3) is 0 Å². The molecular weight excluding hydrogens is 287 g/mol. The van der Waals surface area contributed by atoms with Crippen LogP contribution in [0.25, 0.3) is 0 Å². The van der Waals surface area contributed by atoms with E-state index in [0.717, 1.165) is 23.7 Å². The van der Waals surface area contributed by atoms with Gasteiger partial charge >= 0.3 is 6.18 Å². The maximum absolute atomic E-state index is 12.4. The molecule has 0 saturated carbocycles. The van der Waals surface area contributed by atoms with Gasteiger partial charge in [-0.05, 0) is 25.5 Å². The normalized spacial score (nSPS) is 13.2. The molecule has 0 aliphatic rings. The molecule has 2 aromatic heterocycles. The van der Waals surface area contributed by atoms with Gasteiger partial charge < -0.3 is 5.32 Å². The summed E-state index contributed by atoms with van der Waals surface area (Å²) >= 11 is 1.59. The molecule has 0 fully saturated rings. The van der Waals surface area contributed by atoms with Gasteiger partial charge in [-0.3, -0.25) is 0 Å². The maximum Gasteiger partial charge on any atom is 0.417 e. The van der Waals surface area contributed by atoms with Crippen molar-refractivity contribution >= 4 is 17.2 Å². The highest BCUT2D eigenvalue weighted by Gasteiger charge is 2.30. The zero-order chi connectivity index (χ0) is 14.8. The number of alkyl halides is 3. The number of aromatic nitrogens is 2. The molecule has 3 nitrogen and oxygen atoms in total. The standard InChI is InChI=1S/C13H14F3N3S/c1-3-10-7-18-12(20-10)8(2)19-11-5-4-9(6-17-11)13(14,15)16/h4-8H,3H2,1-2H3,(H,17,19). The average molecular weight is 301 g/mol. The van der Waals surface area contributed by atoms with E-state index in [0.29, 0.717) is 5.82 Å². The number of rotatable bonds is 4. The zero-order valence-electron chi connectivity index (χ0n) is 11.0. The van der Waals surface area contributed by atoms with Crippen LogP contribution in [0.1, 0.15) is 35.3 Å². The largest absolute Gasteiger partial charge is 0.417 e. The fourth-order valence-corrected chi connectivity index (χ4v) is 2.48. The predicted octanol–water partition coefficient (Wildman–Crippen LogP) is 4.29. The molecule has 0 aromatic carbocycles. The summed E-state index contributed by atoms with van der Waals surface area (Å²) in [4.78, 5) is 9.25. The van der Waals surface area contributed by atoms with E-state index >= 15 is 0 Å². The first-order valence-corrected chi connectivity index (χ1v) is 6.96. The number of anilines is 1. The van der Waals surface area contributed by atoms with Crippen LogP contribution in [-0.2, 0) is 12.6 Å². The highest BCUT2D eigenvalue weighted by Crippen LogP contribution is 2.29. The third-order valence-corrected chi connectivity index (χ3v) is 4.07. The van der Waals surface area contributed by atoms with Crippen molar-refractivity contribution in [3.63, 3.8) is 0 Å². The van der Waals surface area contributed by atoms with Crippen molar-refractivity contribution in [3.05, 3.63) is 40.0 Å². The SMILES string of the molecule is CCc1cnc(C(C)Nc2ccc(C(F)(F)F)cn2)s1. The van der Waals surface area contributed by atoms with Crippen molar-refractivity contribution in [2.45, 2.75) is 32.5 Å². The molecule has 2 heterocycles. The van der Waals surface area contributed by atoms with E-state index in [4.69, 9.17) is 0 Å². The summed E-state index contributed by atoms with van der Waals surface area (Å²) in [6.07, 6.45) is -0.794. The lowest BCUT2D eigenvalue weighted by Gasteiger charge is -2.12. The van der Waals surface area contributed by atoms with Crippen LogP contribution < -0.4 is 5.32 Å². The minimum absolute atomic E-state index is 0.0930. The Morgan fingerprint density at radius 3 is 2.50 bits per heavy atom. The van der Waals surface area contributed by atoms with Crippen molar-refractivity contribution < 1.29 is 13.2 Å². The summed E-state index contributed by atoms with van der Waals surface area (Å²) in [5.74, 6) is 0.402. The van der Waals surface area contributed by atoms with E-state index in [-0.39, 0.29) is 6.04 Å². The maximum atomic E-state index is 12.4. The third-order valence-electron chi connectivity index (χ3n) is 2.75. The molecule has 0 aliphatic carbocycles. The van der Waals surface area contributed by atoms with E-state index in [1.807, 2.05) is 20.0 Å². The number of nitrogens with zero attached hydrogens (tertiary/aromatic N) is 2. The Bertz CT molecular complexity index is 563. The topological polar surface area (TPSA) is 37.8 Å². The molecule has 20 heavy (non-hydrogen) atoms. The molecule has 108 valence electrons. The van der Waals surface area contributed by atoms with E-state index in [9.17, 15) is 13.2 Å². The second-order valence-electron chi connectivity index (χ2n) is 4.31. The number of nitrogens with one attached hydrogen (secondary N) is 1. The first kappa shape index (κ1) is 14.8. The number of pyridine rings is 1. The minimum Gasteiger partial charge on any atom is -0.361 e. The summed E-state index contributed by atoms with van der Waals surface area (Å²) in [5, 5.41) is 3.94. The lowest BCUT2D eigenvalue weighted by molar-refractivity contribution is -0.137. The van der Waals surface area contributed by atoms with Gasteiger partial charge in [0.1, 0.15) is 10.8 Å². The lowest BCUT2D eigenvalue weighted by Crippen LogP contribution is -2.09. The Morgan fingerprint density at radius 1 is 1.25 bits per heavy atom. The van der Waals surface area contributed by atoms with Crippen molar-refractivity contribution in [1.29, 1.82) is 0 Å². The highest BCUT2D eigenvalue weighted by molar-refractivity contribution is 7.11. The molecule has 2 rings (SSSR count). The van der Waals surface area contributed by atoms with Gasteiger partial charge in [0, 0.05) is 17.3 Å². The molecule has 0 saturated heterocycles. The van der Waals surface area contributed by atoms with Gasteiger partial charge in [-0.15, -0.1) is 11.3 Å². The van der Waals surface area contributed by atoms with Gasteiger partial charge in [0.2, 0.25) is 0 Å². The number of aryl methyl sites for hydroxylation is 1. The van der Waals surface area contributed by atoms with Crippen molar-refractivity contribution in [1.82, 2.24) is 9.97 Å². The Morgan fingerprint density at radius 2 is 2.00 bits per heavy atom. The molecule has 0 radical (unpaired) electrons. The summed E-state index contributed by atoms with van der Waals surface area (Å²) < 4.78 is 37.3. The van der Waals surface area contributed by atoms with Gasteiger partial charge in [0.05, 0.1) is 11.6 Å². The van der Waals surface area contributed by atoms with Crippen LogP contribution in [0.2, 0.25) is 0 Å². The molecular formula is C13H14F3N3S. The molecule has 0 aliphatic heterocycles. The fourth-order valence-electron chi connectivity index (χ4n) is 1.62. The molecule has 1 unspecified atom stereocenters. The lowest BCUT2D eigenvalue weighted by atomic mass is 10.2. The molecule has 0 bridgehead atoms. The highest BCUT2D eigenvalue weighted by atomic mass is 32.1. The molecule has 1 atom stereocenters. The Balaban J connectivity index is 2.06. The fraction of sp³-hybridized carbons (Fsp3) is 0.385. The van der Waals surface area contributed by atoms with Crippen LogP contribution in [0.5, 0.6) is 0 Å². The van der Waals surface area contributed by atoms with Crippen molar-refractivity contribution in [3.8, 4) is 0 Å². The summed E-state index contributed by atoms with van der Waals surface area (Å²) in [6, 6.07) is 2.25. The van der Waals surface area contributed by atoms with Gasteiger partial charge in [-0.2, -0.15) is 13.2 Å². The first-order valence-electron chi connectivity index (χ1n) is 6.14. The van der Waals surface area contributed by atoms with Gasteiger partial charge in [-0.1, -0.05) is 6.92 Å². The van der Waals surface area contributed by atoms with E-state index in [1.165, 1.54) is 10.9 Å². The molecule has 0 spiro atoms. The van der Waals surface area contributed by atoms with E-state index < -0.39 is 11.7 Å². The third kappa shape index (κ3) is 3.47. The van der Waals surface area contributed by atoms with E-state index in [2.05, 4.69) is 15.3 Å². The number of hydrogen-bond acceptors (Lipinski definition) is 4. The Labute approximate surface area is 118 Å².